The second kappa shape index (κ2) is 9.18. The molecule has 5 rings (SSSR count). The molecule has 0 radical (unpaired) electrons. The van der Waals surface area contributed by atoms with Gasteiger partial charge >= 0.3 is 0 Å². The Kier molecular flexibility index (Phi) is 6.04. The summed E-state index contributed by atoms with van der Waals surface area (Å²) in [4.78, 5) is 16.2. The number of carbonyl (C=O) groups excluding carboxylic acids is 1. The lowest BCUT2D eigenvalue weighted by molar-refractivity contribution is 0.0951. The number of para-hydroxylation sites is 1. The third-order valence-electron chi connectivity index (χ3n) is 7.09. The minimum atomic E-state index is -1.51. The highest BCUT2D eigenvalue weighted by Crippen LogP contribution is 2.56. The van der Waals surface area contributed by atoms with E-state index in [1.54, 1.807) is 44.6 Å². The number of rotatable bonds is 5. The van der Waals surface area contributed by atoms with Crippen LogP contribution < -0.4 is 14.4 Å². The molecular weight excluding hydrogens is 518 g/mol. The number of nitriles is 2. The Bertz CT molecular complexity index is 1440. The van der Waals surface area contributed by atoms with E-state index in [0.717, 1.165) is 11.3 Å². The third-order valence-corrected chi connectivity index (χ3v) is 7.71. The van der Waals surface area contributed by atoms with E-state index in [4.69, 9.17) is 9.47 Å². The quantitative estimate of drug-likeness (QED) is 0.383. The highest BCUT2D eigenvalue weighted by atomic mass is 79.9. The van der Waals surface area contributed by atoms with Crippen molar-refractivity contribution in [2.75, 3.05) is 19.1 Å². The highest BCUT2D eigenvalue weighted by Gasteiger charge is 2.63. The molecule has 1 fully saturated rings. The van der Waals surface area contributed by atoms with E-state index in [9.17, 15) is 15.3 Å². The number of nitrogens with zero attached hydrogens (tertiary/aromatic N) is 3. The van der Waals surface area contributed by atoms with Crippen molar-refractivity contribution in [2.24, 2.45) is 5.41 Å². The summed E-state index contributed by atoms with van der Waals surface area (Å²) in [5, 5.41) is 21.1. The number of ketones is 1. The van der Waals surface area contributed by atoms with Crippen molar-refractivity contribution in [1.82, 2.24) is 0 Å². The molecule has 6 nitrogen and oxygen atoms in total. The highest BCUT2D eigenvalue weighted by molar-refractivity contribution is 9.10. The van der Waals surface area contributed by atoms with Crippen molar-refractivity contribution in [1.29, 1.82) is 10.5 Å². The molecule has 0 bridgehead atoms. The van der Waals surface area contributed by atoms with Gasteiger partial charge < -0.3 is 14.4 Å². The Labute approximate surface area is 218 Å². The zero-order valence-corrected chi connectivity index (χ0v) is 21.3. The summed E-state index contributed by atoms with van der Waals surface area (Å²) in [5.41, 5.74) is 1.43. The monoisotopic (exact) mass is 539 g/mol. The molecule has 3 atom stereocenters. The molecule has 2 aliphatic heterocycles. The predicted molar refractivity (Wildman–Crippen MR) is 140 cm³/mol. The van der Waals surface area contributed by atoms with Crippen LogP contribution in [0.25, 0.3) is 6.08 Å². The number of hydrogen-bond acceptors (Lipinski definition) is 6. The van der Waals surface area contributed by atoms with E-state index in [-0.39, 0.29) is 5.78 Å². The number of halogens is 1. The number of methoxy groups -OCH3 is 2. The first kappa shape index (κ1) is 23.7. The molecule has 0 amide bonds. The maximum atomic E-state index is 14.3. The van der Waals surface area contributed by atoms with Crippen LogP contribution in [0.4, 0.5) is 5.69 Å². The molecule has 0 spiro atoms. The zero-order chi connectivity index (χ0) is 25.4. The van der Waals surface area contributed by atoms with Crippen LogP contribution in [0.3, 0.4) is 0 Å². The maximum Gasteiger partial charge on any atom is 0.185 e. The van der Waals surface area contributed by atoms with Crippen LogP contribution in [0.5, 0.6) is 11.5 Å². The maximum absolute atomic E-state index is 14.3. The molecule has 2 heterocycles. The van der Waals surface area contributed by atoms with Gasteiger partial charge in [0.1, 0.15) is 17.5 Å². The van der Waals surface area contributed by atoms with E-state index in [0.29, 0.717) is 27.1 Å². The van der Waals surface area contributed by atoms with E-state index in [1.807, 2.05) is 53.5 Å². The van der Waals surface area contributed by atoms with Gasteiger partial charge in [0.05, 0.1) is 36.9 Å². The second-order valence-corrected chi connectivity index (χ2v) is 9.63. The van der Waals surface area contributed by atoms with E-state index < -0.39 is 23.4 Å². The lowest BCUT2D eigenvalue weighted by atomic mass is 9.69. The summed E-state index contributed by atoms with van der Waals surface area (Å²) in [7, 11) is 3.14. The molecule has 2 aliphatic rings. The molecule has 0 unspecified atom stereocenters. The van der Waals surface area contributed by atoms with Gasteiger partial charge in [0.15, 0.2) is 11.2 Å². The van der Waals surface area contributed by atoms with Crippen LogP contribution in [0.2, 0.25) is 0 Å². The molecule has 36 heavy (non-hydrogen) atoms. The van der Waals surface area contributed by atoms with Crippen LogP contribution in [0.15, 0.2) is 77.3 Å². The number of anilines is 1. The molecular formula is C29H22BrN3O3. The average Bonchev–Trinajstić information content (AvgIpc) is 3.23. The first-order chi connectivity index (χ1) is 17.5. The first-order valence-electron chi connectivity index (χ1n) is 11.4. The minimum absolute atomic E-state index is 0.169. The smallest absolute Gasteiger partial charge is 0.185 e. The van der Waals surface area contributed by atoms with Gasteiger partial charge in [0.2, 0.25) is 0 Å². The van der Waals surface area contributed by atoms with Crippen molar-refractivity contribution in [3.05, 3.63) is 94.0 Å². The fourth-order valence-corrected chi connectivity index (χ4v) is 5.97. The number of hydrogen-bond donors (Lipinski definition) is 0. The fraction of sp³-hybridized carbons (Fsp3) is 0.207. The Balaban J connectivity index is 1.76. The first-order valence-corrected chi connectivity index (χ1v) is 12.2. The van der Waals surface area contributed by atoms with Crippen LogP contribution in [0.1, 0.15) is 27.4 Å². The topological polar surface area (TPSA) is 86.3 Å². The average molecular weight is 540 g/mol. The largest absolute Gasteiger partial charge is 0.497 e. The second-order valence-electron chi connectivity index (χ2n) is 8.77. The zero-order valence-electron chi connectivity index (χ0n) is 19.7. The van der Waals surface area contributed by atoms with Gasteiger partial charge in [-0.2, -0.15) is 10.5 Å². The number of fused-ring (bicyclic) bond motifs is 3. The molecule has 0 saturated carbocycles. The molecule has 0 aromatic heterocycles. The molecule has 3 aromatic carbocycles. The van der Waals surface area contributed by atoms with Gasteiger partial charge in [-0.3, -0.25) is 4.79 Å². The Morgan fingerprint density at radius 3 is 2.36 bits per heavy atom. The van der Waals surface area contributed by atoms with Crippen LogP contribution >= 0.6 is 15.9 Å². The molecule has 1 saturated heterocycles. The van der Waals surface area contributed by atoms with Gasteiger partial charge in [-0.1, -0.05) is 36.4 Å². The number of Topliss-reactive ketones (excluding diaryl/α,β-unsaturated/α-hetero) is 1. The van der Waals surface area contributed by atoms with Gasteiger partial charge in [-0.25, -0.2) is 0 Å². The summed E-state index contributed by atoms with van der Waals surface area (Å²) >= 11 is 3.54. The molecule has 178 valence electrons. The Hall–Kier alpha value is -4.07. The van der Waals surface area contributed by atoms with Gasteiger partial charge in [0, 0.05) is 17.2 Å². The summed E-state index contributed by atoms with van der Waals surface area (Å²) < 4.78 is 11.3. The third kappa shape index (κ3) is 3.47. The fourth-order valence-electron chi connectivity index (χ4n) is 5.41. The molecule has 0 aliphatic carbocycles. The summed E-state index contributed by atoms with van der Waals surface area (Å²) in [5.74, 6) is 0.362. The summed E-state index contributed by atoms with van der Waals surface area (Å²) in [6, 6.07) is 23.4. The van der Waals surface area contributed by atoms with Crippen LogP contribution in [-0.2, 0) is 0 Å². The standard InChI is InChI=1S/C29H22BrN3O3/c1-35-21-11-7-19(8-12-21)28(34)27-26(20-9-13-24(36-2)22(30)15-20)29(16-31,17-32)25-14-10-18-5-3-4-6-23(18)33(25)27/h3-15,25-27H,1-2H3/t25-,26+,27+/m1/s1. The van der Waals surface area contributed by atoms with Crippen LogP contribution in [-0.4, -0.2) is 32.1 Å². The summed E-state index contributed by atoms with van der Waals surface area (Å²) in [6.07, 6.45) is 3.81. The lowest BCUT2D eigenvalue weighted by Gasteiger charge is -2.35. The van der Waals surface area contributed by atoms with E-state index in [1.165, 1.54) is 0 Å². The van der Waals surface area contributed by atoms with Crippen molar-refractivity contribution in [3.8, 4) is 23.6 Å². The van der Waals surface area contributed by atoms with Gasteiger partial charge in [-0.15, -0.1) is 0 Å². The van der Waals surface area contributed by atoms with Crippen molar-refractivity contribution in [3.63, 3.8) is 0 Å². The number of benzene rings is 3. The van der Waals surface area contributed by atoms with Gasteiger partial charge in [-0.05, 0) is 69.5 Å². The van der Waals surface area contributed by atoms with Crippen molar-refractivity contribution < 1.29 is 14.3 Å². The SMILES string of the molecule is COc1ccc(C(=O)[C@@H]2[C@H](c3ccc(OC)c(Br)c3)C(C#N)(C#N)[C@H]3C=Cc4ccccc4N23)cc1. The summed E-state index contributed by atoms with van der Waals surface area (Å²) in [6.45, 7) is 0. The number of ether oxygens (including phenoxy) is 2. The van der Waals surface area contributed by atoms with E-state index in [2.05, 4.69) is 28.1 Å². The lowest BCUT2D eigenvalue weighted by Crippen LogP contribution is -2.44. The Morgan fingerprint density at radius 2 is 1.72 bits per heavy atom. The van der Waals surface area contributed by atoms with Crippen LogP contribution in [0, 0.1) is 28.1 Å². The Morgan fingerprint density at radius 1 is 1.00 bits per heavy atom. The molecule has 0 N–H and O–H groups in total. The minimum Gasteiger partial charge on any atom is -0.497 e. The van der Waals surface area contributed by atoms with Crippen molar-refractivity contribution >= 4 is 33.5 Å². The van der Waals surface area contributed by atoms with Gasteiger partial charge in [0.25, 0.3) is 0 Å². The molecule has 3 aromatic rings. The van der Waals surface area contributed by atoms with E-state index >= 15 is 0 Å². The normalized spacial score (nSPS) is 21.0. The predicted octanol–water partition coefficient (Wildman–Crippen LogP) is 5.75. The van der Waals surface area contributed by atoms with Crippen molar-refractivity contribution in [2.45, 2.75) is 18.0 Å². The molecule has 7 heteroatoms. The number of carbonyl (C=O) groups is 1.